The van der Waals surface area contributed by atoms with Crippen LogP contribution < -0.4 is 9.64 Å². The fraction of sp³-hybridized carbons (Fsp3) is 0.385. The maximum Gasteiger partial charge on any atom is 0.308 e. The first-order chi connectivity index (χ1) is 8.16. The smallest absolute Gasteiger partial charge is 0.308 e. The predicted octanol–water partition coefficient (Wildman–Crippen LogP) is 2.13. The minimum Gasteiger partial charge on any atom is -0.427 e. The number of carbonyl (C=O) groups excluding carboxylic acids is 2. The molecule has 1 aromatic rings. The van der Waals surface area contributed by atoms with E-state index in [2.05, 4.69) is 0 Å². The molecule has 17 heavy (non-hydrogen) atoms. The van der Waals surface area contributed by atoms with Crippen molar-refractivity contribution < 1.29 is 14.3 Å². The van der Waals surface area contributed by atoms with Gasteiger partial charge in [-0.25, -0.2) is 0 Å². The number of carbonyl (C=O) groups is 2. The van der Waals surface area contributed by atoms with E-state index < -0.39 is 0 Å². The molecule has 1 heterocycles. The van der Waals surface area contributed by atoms with Gasteiger partial charge in [0.1, 0.15) is 5.75 Å². The Labute approximate surface area is 100 Å². The molecule has 90 valence electrons. The number of amides is 1. The van der Waals surface area contributed by atoms with Gasteiger partial charge in [-0.1, -0.05) is 0 Å². The molecule has 1 fully saturated rings. The SMILES string of the molecule is CC(=O)Oc1ccc(N2CCCCC2=O)cc1. The van der Waals surface area contributed by atoms with Crippen molar-refractivity contribution >= 4 is 17.6 Å². The Morgan fingerprint density at radius 1 is 1.24 bits per heavy atom. The van der Waals surface area contributed by atoms with Crippen LogP contribution in [0.15, 0.2) is 24.3 Å². The quantitative estimate of drug-likeness (QED) is 0.580. The van der Waals surface area contributed by atoms with Gasteiger partial charge in [-0.3, -0.25) is 9.59 Å². The molecule has 0 bridgehead atoms. The molecular formula is C13H15NO3. The zero-order valence-electron chi connectivity index (χ0n) is 9.81. The number of anilines is 1. The third-order valence-electron chi connectivity index (χ3n) is 2.73. The molecule has 0 unspecified atom stereocenters. The van der Waals surface area contributed by atoms with Gasteiger partial charge < -0.3 is 9.64 Å². The van der Waals surface area contributed by atoms with Gasteiger partial charge in [0.15, 0.2) is 0 Å². The Hall–Kier alpha value is -1.84. The standard InChI is InChI=1S/C13H15NO3/c1-10(15)17-12-7-5-11(6-8-12)14-9-3-2-4-13(14)16/h5-8H,2-4,9H2,1H3. The second-order valence-corrected chi connectivity index (χ2v) is 4.09. The average molecular weight is 233 g/mol. The number of ether oxygens (including phenoxy) is 1. The van der Waals surface area contributed by atoms with E-state index in [1.165, 1.54) is 6.92 Å². The van der Waals surface area contributed by atoms with E-state index in [4.69, 9.17) is 4.74 Å². The highest BCUT2D eigenvalue weighted by Gasteiger charge is 2.19. The number of benzene rings is 1. The normalized spacial score (nSPS) is 15.8. The highest BCUT2D eigenvalue weighted by atomic mass is 16.5. The highest BCUT2D eigenvalue weighted by molar-refractivity contribution is 5.94. The molecule has 2 rings (SSSR count). The molecule has 4 nitrogen and oxygen atoms in total. The van der Waals surface area contributed by atoms with Gasteiger partial charge in [-0.05, 0) is 37.1 Å². The Kier molecular flexibility index (Phi) is 3.42. The summed E-state index contributed by atoms with van der Waals surface area (Å²) in [6.45, 7) is 2.13. The van der Waals surface area contributed by atoms with E-state index in [-0.39, 0.29) is 11.9 Å². The van der Waals surface area contributed by atoms with Gasteiger partial charge in [-0.15, -0.1) is 0 Å². The predicted molar refractivity (Wildman–Crippen MR) is 64.0 cm³/mol. The topological polar surface area (TPSA) is 46.6 Å². The van der Waals surface area contributed by atoms with Crippen LogP contribution in [-0.2, 0) is 9.59 Å². The molecule has 0 spiro atoms. The molecule has 0 radical (unpaired) electrons. The van der Waals surface area contributed by atoms with Gasteiger partial charge in [-0.2, -0.15) is 0 Å². The molecule has 1 aliphatic heterocycles. The van der Waals surface area contributed by atoms with Crippen molar-refractivity contribution in [3.05, 3.63) is 24.3 Å². The minimum absolute atomic E-state index is 0.163. The first kappa shape index (κ1) is 11.6. The Morgan fingerprint density at radius 3 is 2.53 bits per heavy atom. The van der Waals surface area contributed by atoms with E-state index in [1.807, 2.05) is 12.1 Å². The molecule has 1 aliphatic rings. The summed E-state index contributed by atoms with van der Waals surface area (Å²) in [5.74, 6) is 0.328. The Balaban J connectivity index is 2.11. The number of hydrogen-bond acceptors (Lipinski definition) is 3. The third kappa shape index (κ3) is 2.84. The molecule has 0 aromatic heterocycles. The van der Waals surface area contributed by atoms with Crippen LogP contribution in [0.4, 0.5) is 5.69 Å². The van der Waals surface area contributed by atoms with E-state index in [0.29, 0.717) is 12.2 Å². The number of esters is 1. The van der Waals surface area contributed by atoms with Crippen molar-refractivity contribution in [3.8, 4) is 5.75 Å². The van der Waals surface area contributed by atoms with Gasteiger partial charge in [0, 0.05) is 25.6 Å². The zero-order valence-corrected chi connectivity index (χ0v) is 9.81. The maximum absolute atomic E-state index is 11.7. The number of hydrogen-bond donors (Lipinski definition) is 0. The monoisotopic (exact) mass is 233 g/mol. The molecule has 1 amide bonds. The largest absolute Gasteiger partial charge is 0.427 e. The summed E-state index contributed by atoms with van der Waals surface area (Å²) in [6, 6.07) is 7.03. The second kappa shape index (κ2) is 4.99. The van der Waals surface area contributed by atoms with Crippen LogP contribution in [0.3, 0.4) is 0 Å². The highest BCUT2D eigenvalue weighted by Crippen LogP contribution is 2.23. The van der Waals surface area contributed by atoms with Crippen molar-refractivity contribution in [1.29, 1.82) is 0 Å². The van der Waals surface area contributed by atoms with Crippen LogP contribution in [-0.4, -0.2) is 18.4 Å². The zero-order chi connectivity index (χ0) is 12.3. The summed E-state index contributed by atoms with van der Waals surface area (Å²) in [7, 11) is 0. The minimum atomic E-state index is -0.341. The van der Waals surface area contributed by atoms with Crippen molar-refractivity contribution in [2.24, 2.45) is 0 Å². The summed E-state index contributed by atoms with van der Waals surface area (Å²) >= 11 is 0. The first-order valence-corrected chi connectivity index (χ1v) is 5.75. The fourth-order valence-corrected chi connectivity index (χ4v) is 1.94. The van der Waals surface area contributed by atoms with E-state index in [9.17, 15) is 9.59 Å². The van der Waals surface area contributed by atoms with Crippen LogP contribution >= 0.6 is 0 Å². The van der Waals surface area contributed by atoms with Crippen molar-refractivity contribution in [2.75, 3.05) is 11.4 Å². The maximum atomic E-state index is 11.7. The molecular weight excluding hydrogens is 218 g/mol. The van der Waals surface area contributed by atoms with Crippen LogP contribution in [0.25, 0.3) is 0 Å². The molecule has 1 aromatic carbocycles. The van der Waals surface area contributed by atoms with Crippen molar-refractivity contribution in [1.82, 2.24) is 0 Å². The average Bonchev–Trinajstić information content (AvgIpc) is 2.30. The van der Waals surface area contributed by atoms with E-state index in [0.717, 1.165) is 25.1 Å². The van der Waals surface area contributed by atoms with Crippen LogP contribution in [0.5, 0.6) is 5.75 Å². The number of piperidine rings is 1. The van der Waals surface area contributed by atoms with Gasteiger partial charge in [0.25, 0.3) is 0 Å². The molecule has 0 atom stereocenters. The summed E-state index contributed by atoms with van der Waals surface area (Å²) in [4.78, 5) is 24.2. The molecule has 4 heteroatoms. The van der Waals surface area contributed by atoms with Crippen LogP contribution in [0.1, 0.15) is 26.2 Å². The van der Waals surface area contributed by atoms with Gasteiger partial charge in [0.2, 0.25) is 5.91 Å². The lowest BCUT2D eigenvalue weighted by atomic mass is 10.1. The Morgan fingerprint density at radius 2 is 1.94 bits per heavy atom. The third-order valence-corrected chi connectivity index (χ3v) is 2.73. The molecule has 1 saturated heterocycles. The summed E-state index contributed by atoms with van der Waals surface area (Å²) in [5.41, 5.74) is 0.866. The lowest BCUT2D eigenvalue weighted by Crippen LogP contribution is -2.35. The lowest BCUT2D eigenvalue weighted by molar-refractivity contribution is -0.131. The van der Waals surface area contributed by atoms with Gasteiger partial charge >= 0.3 is 5.97 Å². The summed E-state index contributed by atoms with van der Waals surface area (Å²) in [6.07, 6.45) is 2.63. The number of rotatable bonds is 2. The summed E-state index contributed by atoms with van der Waals surface area (Å²) in [5, 5.41) is 0. The summed E-state index contributed by atoms with van der Waals surface area (Å²) < 4.78 is 4.94. The van der Waals surface area contributed by atoms with Gasteiger partial charge in [0.05, 0.1) is 0 Å². The lowest BCUT2D eigenvalue weighted by Gasteiger charge is -2.26. The number of nitrogens with zero attached hydrogens (tertiary/aromatic N) is 1. The van der Waals surface area contributed by atoms with Crippen molar-refractivity contribution in [2.45, 2.75) is 26.2 Å². The Bertz CT molecular complexity index is 425. The fourth-order valence-electron chi connectivity index (χ4n) is 1.94. The molecule has 0 aliphatic carbocycles. The second-order valence-electron chi connectivity index (χ2n) is 4.09. The van der Waals surface area contributed by atoms with E-state index >= 15 is 0 Å². The van der Waals surface area contributed by atoms with Crippen molar-refractivity contribution in [3.63, 3.8) is 0 Å². The van der Waals surface area contributed by atoms with Crippen LogP contribution in [0.2, 0.25) is 0 Å². The van der Waals surface area contributed by atoms with E-state index in [1.54, 1.807) is 17.0 Å². The molecule has 0 N–H and O–H groups in total. The van der Waals surface area contributed by atoms with Crippen LogP contribution in [0, 0.1) is 0 Å². The first-order valence-electron chi connectivity index (χ1n) is 5.75. The molecule has 0 saturated carbocycles.